The zero-order valence-electron chi connectivity index (χ0n) is 23.1. The first-order valence-corrected chi connectivity index (χ1v) is 12.9. The Hall–Kier alpha value is -4.79. The summed E-state index contributed by atoms with van der Waals surface area (Å²) in [5.41, 5.74) is 3.96. The number of benzene rings is 2. The molecule has 1 aliphatic heterocycles. The number of fused-ring (bicyclic) bond motifs is 1. The molecule has 1 unspecified atom stereocenters. The third-order valence-electron chi connectivity index (χ3n) is 7.34. The number of aryl methyl sites for hydroxylation is 2. The molecule has 1 amide bonds. The molecule has 1 saturated heterocycles. The van der Waals surface area contributed by atoms with Crippen LogP contribution in [0.1, 0.15) is 34.1 Å². The van der Waals surface area contributed by atoms with Crippen LogP contribution in [0.15, 0.2) is 66.4 Å². The lowest BCUT2D eigenvalue weighted by Gasteiger charge is -2.26. The lowest BCUT2D eigenvalue weighted by atomic mass is 9.95. The van der Waals surface area contributed by atoms with Gasteiger partial charge in [0.15, 0.2) is 17.3 Å². The quantitative estimate of drug-likeness (QED) is 0.197. The Kier molecular flexibility index (Phi) is 7.21. The van der Waals surface area contributed by atoms with Crippen LogP contribution in [0.4, 0.5) is 0 Å². The normalized spacial score (nSPS) is 16.5. The zero-order chi connectivity index (χ0) is 28.6. The Labute approximate surface area is 232 Å². The molecule has 40 heavy (non-hydrogen) atoms. The van der Waals surface area contributed by atoms with E-state index in [1.54, 1.807) is 12.1 Å². The van der Waals surface area contributed by atoms with Crippen LogP contribution in [0, 0.1) is 13.8 Å². The summed E-state index contributed by atoms with van der Waals surface area (Å²) in [5, 5.41) is 11.7. The average molecular weight is 542 g/mol. The maximum Gasteiger partial charge on any atom is 0.295 e. The van der Waals surface area contributed by atoms with Crippen LogP contribution in [-0.4, -0.2) is 59.0 Å². The summed E-state index contributed by atoms with van der Waals surface area (Å²) in [6.07, 6.45) is 2.36. The second-order valence-electron chi connectivity index (χ2n) is 9.62. The molecule has 9 nitrogen and oxygen atoms in total. The van der Waals surface area contributed by atoms with E-state index in [1.165, 1.54) is 26.2 Å². The molecule has 0 bridgehead atoms. The fourth-order valence-electron chi connectivity index (χ4n) is 5.28. The Bertz CT molecular complexity index is 1610. The number of carbonyl (C=O) groups excluding carboxylic acids is 2. The van der Waals surface area contributed by atoms with Gasteiger partial charge in [0, 0.05) is 12.7 Å². The first kappa shape index (κ1) is 26.8. The van der Waals surface area contributed by atoms with E-state index in [0.717, 1.165) is 11.1 Å². The minimum Gasteiger partial charge on any atom is -0.505 e. The summed E-state index contributed by atoms with van der Waals surface area (Å²) in [6, 6.07) is 16.0. The molecular formula is C31H31N3O6. The van der Waals surface area contributed by atoms with E-state index in [1.807, 2.05) is 66.9 Å². The third-order valence-corrected chi connectivity index (χ3v) is 7.34. The van der Waals surface area contributed by atoms with Gasteiger partial charge < -0.3 is 28.6 Å². The second-order valence-corrected chi connectivity index (χ2v) is 9.62. The number of rotatable bonds is 8. The zero-order valence-corrected chi connectivity index (χ0v) is 23.1. The van der Waals surface area contributed by atoms with Crippen molar-refractivity contribution in [3.8, 4) is 17.2 Å². The number of likely N-dealkylation sites (tertiary alicyclic amines) is 1. The lowest BCUT2D eigenvalue weighted by molar-refractivity contribution is -0.139. The van der Waals surface area contributed by atoms with Crippen molar-refractivity contribution in [2.75, 3.05) is 27.9 Å². The van der Waals surface area contributed by atoms with Gasteiger partial charge in [-0.25, -0.2) is 4.98 Å². The van der Waals surface area contributed by atoms with E-state index in [4.69, 9.17) is 14.2 Å². The molecule has 0 spiro atoms. The first-order valence-electron chi connectivity index (χ1n) is 12.9. The van der Waals surface area contributed by atoms with Crippen LogP contribution in [0.2, 0.25) is 0 Å². The Morgan fingerprint density at radius 3 is 2.23 bits per heavy atom. The van der Waals surface area contributed by atoms with Crippen LogP contribution >= 0.6 is 0 Å². The minimum atomic E-state index is -0.914. The van der Waals surface area contributed by atoms with Crippen molar-refractivity contribution in [3.63, 3.8) is 0 Å². The molecule has 9 heteroatoms. The van der Waals surface area contributed by atoms with Crippen molar-refractivity contribution in [2.45, 2.75) is 26.3 Å². The number of Topliss-reactive ketones (excluding diaryl/α,β-unsaturated/α-hetero) is 1. The van der Waals surface area contributed by atoms with Gasteiger partial charge in [-0.2, -0.15) is 0 Å². The number of nitrogens with zero attached hydrogens (tertiary/aromatic N) is 3. The minimum absolute atomic E-state index is 0.0449. The number of aromatic nitrogens is 2. The van der Waals surface area contributed by atoms with Gasteiger partial charge in [-0.15, -0.1) is 0 Å². The maximum absolute atomic E-state index is 13.6. The number of ether oxygens (including phenoxy) is 3. The van der Waals surface area contributed by atoms with Gasteiger partial charge in [0.2, 0.25) is 5.75 Å². The molecule has 4 aromatic rings. The van der Waals surface area contributed by atoms with Gasteiger partial charge in [-0.1, -0.05) is 36.4 Å². The monoisotopic (exact) mass is 541 g/mol. The molecule has 206 valence electrons. The van der Waals surface area contributed by atoms with Crippen molar-refractivity contribution in [3.05, 3.63) is 94.4 Å². The SMILES string of the molecule is COc1cc(C2C(=C(O)c3nc4c(C)cccn4c3C)C(=O)C(=O)N2CCc2ccccc2)cc(OC)c1OC. The molecule has 5 rings (SSSR count). The highest BCUT2D eigenvalue weighted by Gasteiger charge is 2.47. The van der Waals surface area contributed by atoms with E-state index in [-0.39, 0.29) is 23.6 Å². The van der Waals surface area contributed by atoms with Gasteiger partial charge in [0.1, 0.15) is 11.3 Å². The molecule has 0 radical (unpaired) electrons. The number of methoxy groups -OCH3 is 3. The molecule has 0 aliphatic carbocycles. The molecule has 1 N–H and O–H groups in total. The summed E-state index contributed by atoms with van der Waals surface area (Å²) in [6.45, 7) is 3.98. The molecule has 3 heterocycles. The van der Waals surface area contributed by atoms with Crippen LogP contribution in [0.5, 0.6) is 17.2 Å². The predicted octanol–water partition coefficient (Wildman–Crippen LogP) is 4.64. The summed E-state index contributed by atoms with van der Waals surface area (Å²) in [5.74, 6) is -0.706. The lowest BCUT2D eigenvalue weighted by Crippen LogP contribution is -2.31. The highest BCUT2D eigenvalue weighted by atomic mass is 16.5. The van der Waals surface area contributed by atoms with Crippen molar-refractivity contribution in [1.29, 1.82) is 0 Å². The number of pyridine rings is 1. The van der Waals surface area contributed by atoms with Gasteiger partial charge in [0.25, 0.3) is 11.7 Å². The first-order chi connectivity index (χ1) is 19.3. The number of carbonyl (C=O) groups is 2. The molecule has 1 fully saturated rings. The smallest absolute Gasteiger partial charge is 0.295 e. The number of imidazole rings is 1. The molecule has 2 aromatic heterocycles. The molecule has 1 atom stereocenters. The van der Waals surface area contributed by atoms with Gasteiger partial charge >= 0.3 is 0 Å². The predicted molar refractivity (Wildman–Crippen MR) is 150 cm³/mol. The summed E-state index contributed by atoms with van der Waals surface area (Å²) >= 11 is 0. The van der Waals surface area contributed by atoms with E-state index >= 15 is 0 Å². The fourth-order valence-corrected chi connectivity index (χ4v) is 5.28. The highest BCUT2D eigenvalue weighted by molar-refractivity contribution is 6.46. The van der Waals surface area contributed by atoms with Crippen molar-refractivity contribution in [1.82, 2.24) is 14.3 Å². The molecule has 1 aliphatic rings. The highest BCUT2D eigenvalue weighted by Crippen LogP contribution is 2.46. The summed E-state index contributed by atoms with van der Waals surface area (Å²) in [7, 11) is 4.49. The average Bonchev–Trinajstić information content (AvgIpc) is 3.45. The number of aliphatic hydroxyl groups is 1. The van der Waals surface area contributed by atoms with Crippen LogP contribution in [-0.2, 0) is 16.0 Å². The van der Waals surface area contributed by atoms with Crippen molar-refractivity contribution >= 4 is 23.1 Å². The summed E-state index contributed by atoms with van der Waals surface area (Å²) < 4.78 is 18.5. The standard InChI is InChI=1S/C31H31N3O6/c1-18-10-9-14-33-19(2)25(32-30(18)33)27(35)24-26(21-16-22(38-3)29(40-5)23(17-21)39-4)34(31(37)28(24)36)15-13-20-11-7-6-8-12-20/h6-12,14,16-17,26,35H,13,15H2,1-5H3. The molecule has 2 aromatic carbocycles. The number of amides is 1. The fraction of sp³-hybridized carbons (Fsp3) is 0.258. The van der Waals surface area contributed by atoms with Gasteiger partial charge in [0.05, 0.1) is 38.6 Å². The second kappa shape index (κ2) is 10.8. The van der Waals surface area contributed by atoms with E-state index in [2.05, 4.69) is 4.98 Å². The van der Waals surface area contributed by atoms with Crippen molar-refractivity contribution in [2.24, 2.45) is 0 Å². The number of aliphatic hydroxyl groups excluding tert-OH is 1. The van der Waals surface area contributed by atoms with Crippen LogP contribution < -0.4 is 14.2 Å². The molecular weight excluding hydrogens is 510 g/mol. The topological polar surface area (TPSA) is 103 Å². The number of hydrogen-bond acceptors (Lipinski definition) is 7. The number of ketones is 1. The Morgan fingerprint density at radius 1 is 0.950 bits per heavy atom. The summed E-state index contributed by atoms with van der Waals surface area (Å²) in [4.78, 5) is 33.3. The Morgan fingerprint density at radius 2 is 1.62 bits per heavy atom. The number of hydrogen-bond donors (Lipinski definition) is 1. The van der Waals surface area contributed by atoms with Crippen LogP contribution in [0.3, 0.4) is 0 Å². The molecule has 0 saturated carbocycles. The van der Waals surface area contributed by atoms with Crippen LogP contribution in [0.25, 0.3) is 11.4 Å². The van der Waals surface area contributed by atoms with Crippen molar-refractivity contribution < 1.29 is 28.9 Å². The maximum atomic E-state index is 13.6. The van der Waals surface area contributed by atoms with E-state index in [0.29, 0.717) is 40.6 Å². The third kappa shape index (κ3) is 4.43. The largest absolute Gasteiger partial charge is 0.505 e. The van der Waals surface area contributed by atoms with Gasteiger partial charge in [-0.05, 0) is 55.2 Å². The van der Waals surface area contributed by atoms with Gasteiger partial charge in [-0.3, -0.25) is 9.59 Å². The Balaban J connectivity index is 1.71. The van der Waals surface area contributed by atoms with E-state index in [9.17, 15) is 14.7 Å². The van der Waals surface area contributed by atoms with E-state index < -0.39 is 17.7 Å².